The van der Waals surface area contributed by atoms with Gasteiger partial charge in [0.15, 0.2) is 11.5 Å². The highest BCUT2D eigenvalue weighted by Gasteiger charge is 2.62. The number of hydrogen-bond donors (Lipinski definition) is 3. The predicted molar refractivity (Wildman–Crippen MR) is 65.7 cm³/mol. The molecule has 1 saturated heterocycles. The van der Waals surface area contributed by atoms with Gasteiger partial charge in [0.1, 0.15) is 6.23 Å². The van der Waals surface area contributed by atoms with E-state index in [1.165, 1.54) is 12.1 Å². The van der Waals surface area contributed by atoms with E-state index < -0.39 is 0 Å². The third kappa shape index (κ3) is 1.41. The Bertz CT molecular complexity index is 664. The smallest absolute Gasteiger partial charge is 0.159 e. The number of aromatic hydroxyl groups is 2. The van der Waals surface area contributed by atoms with E-state index in [-0.39, 0.29) is 29.9 Å². The molecule has 2 heterocycles. The summed E-state index contributed by atoms with van der Waals surface area (Å²) in [6, 6.07) is 2.91. The van der Waals surface area contributed by atoms with E-state index in [0.717, 1.165) is 18.4 Å². The number of imidazole rings is 1. The number of aromatic nitrogens is 2. The van der Waals surface area contributed by atoms with Crippen LogP contribution in [0, 0.1) is 5.92 Å². The van der Waals surface area contributed by atoms with Crippen LogP contribution in [-0.2, 0) is 4.74 Å². The van der Waals surface area contributed by atoms with Crippen molar-refractivity contribution in [2.75, 3.05) is 6.61 Å². The molecule has 1 aliphatic heterocycles. The molecule has 0 spiro atoms. The fourth-order valence-electron chi connectivity index (χ4n) is 3.05. The van der Waals surface area contributed by atoms with E-state index in [1.807, 2.05) is 4.57 Å². The summed E-state index contributed by atoms with van der Waals surface area (Å²) in [5, 5.41) is 28.4. The van der Waals surface area contributed by atoms with E-state index >= 15 is 0 Å². The van der Waals surface area contributed by atoms with Crippen molar-refractivity contribution in [1.29, 1.82) is 0 Å². The summed E-state index contributed by atoms with van der Waals surface area (Å²) >= 11 is 0. The number of rotatable bonds is 2. The highest BCUT2D eigenvalue weighted by atomic mass is 16.5. The van der Waals surface area contributed by atoms with E-state index in [2.05, 4.69) is 4.98 Å². The van der Waals surface area contributed by atoms with Crippen molar-refractivity contribution < 1.29 is 20.1 Å². The molecular weight excluding hydrogens is 248 g/mol. The molecule has 3 unspecified atom stereocenters. The lowest BCUT2D eigenvalue weighted by Crippen LogP contribution is -2.20. The molecule has 6 nitrogen and oxygen atoms in total. The van der Waals surface area contributed by atoms with Crippen molar-refractivity contribution in [3.63, 3.8) is 0 Å². The van der Waals surface area contributed by atoms with Gasteiger partial charge in [-0.05, 0) is 18.8 Å². The van der Waals surface area contributed by atoms with Crippen molar-refractivity contribution in [3.8, 4) is 11.5 Å². The second kappa shape index (κ2) is 3.40. The Morgan fingerprint density at radius 3 is 2.89 bits per heavy atom. The Morgan fingerprint density at radius 1 is 1.37 bits per heavy atom. The van der Waals surface area contributed by atoms with Crippen molar-refractivity contribution in [2.45, 2.75) is 24.7 Å². The van der Waals surface area contributed by atoms with Crippen LogP contribution in [0.5, 0.6) is 11.5 Å². The quantitative estimate of drug-likeness (QED) is 0.706. The molecule has 6 heteroatoms. The molecule has 3 atom stereocenters. The number of aliphatic hydroxyl groups is 1. The molecule has 1 aromatic carbocycles. The first-order valence-corrected chi connectivity index (χ1v) is 6.30. The molecule has 3 N–H and O–H groups in total. The van der Waals surface area contributed by atoms with Crippen LogP contribution < -0.4 is 0 Å². The zero-order valence-electron chi connectivity index (χ0n) is 10.2. The first kappa shape index (κ1) is 11.1. The predicted octanol–water partition coefficient (Wildman–Crippen LogP) is 1.12. The number of nitrogens with zero attached hydrogens (tertiary/aromatic N) is 2. The van der Waals surface area contributed by atoms with Gasteiger partial charge in [0.2, 0.25) is 0 Å². The van der Waals surface area contributed by atoms with Gasteiger partial charge in [-0.1, -0.05) is 0 Å². The highest BCUT2D eigenvalue weighted by molar-refractivity contribution is 5.79. The van der Waals surface area contributed by atoms with Gasteiger partial charge >= 0.3 is 0 Å². The summed E-state index contributed by atoms with van der Waals surface area (Å²) in [6.45, 7) is 0.0484. The average Bonchev–Trinajstić information content (AvgIpc) is 2.77. The van der Waals surface area contributed by atoms with E-state index in [0.29, 0.717) is 11.4 Å². The lowest BCUT2D eigenvalue weighted by Gasteiger charge is -2.18. The normalized spacial score (nSPS) is 32.7. The van der Waals surface area contributed by atoms with Crippen molar-refractivity contribution in [1.82, 2.24) is 9.55 Å². The monoisotopic (exact) mass is 262 g/mol. The summed E-state index contributed by atoms with van der Waals surface area (Å²) in [4.78, 5) is 4.20. The van der Waals surface area contributed by atoms with Gasteiger partial charge in [-0.25, -0.2) is 4.98 Å². The van der Waals surface area contributed by atoms with Crippen LogP contribution in [-0.4, -0.2) is 37.1 Å². The SMILES string of the molecule is OCC12CC1CC(n1cnc3cc(O)c(O)cc31)O2. The molecule has 1 saturated carbocycles. The third-order valence-electron chi connectivity index (χ3n) is 4.28. The Labute approximate surface area is 108 Å². The van der Waals surface area contributed by atoms with Gasteiger partial charge in [0, 0.05) is 12.1 Å². The number of benzene rings is 1. The second-order valence-electron chi connectivity index (χ2n) is 5.41. The maximum atomic E-state index is 9.59. The maximum Gasteiger partial charge on any atom is 0.159 e. The molecule has 4 rings (SSSR count). The van der Waals surface area contributed by atoms with Crippen LogP contribution in [0.15, 0.2) is 18.5 Å². The lowest BCUT2D eigenvalue weighted by molar-refractivity contribution is -0.0582. The zero-order valence-corrected chi connectivity index (χ0v) is 10.2. The van der Waals surface area contributed by atoms with E-state index in [1.54, 1.807) is 6.33 Å². The molecular formula is C13H14N2O4. The first-order chi connectivity index (χ1) is 9.13. The van der Waals surface area contributed by atoms with Crippen molar-refractivity contribution >= 4 is 11.0 Å². The Hall–Kier alpha value is -1.79. The molecule has 1 aliphatic carbocycles. The maximum absolute atomic E-state index is 9.59. The van der Waals surface area contributed by atoms with Crippen LogP contribution in [0.3, 0.4) is 0 Å². The molecule has 0 amide bonds. The van der Waals surface area contributed by atoms with Crippen LogP contribution in [0.1, 0.15) is 19.1 Å². The van der Waals surface area contributed by atoms with Gasteiger partial charge < -0.3 is 24.6 Å². The molecule has 0 bridgehead atoms. The van der Waals surface area contributed by atoms with Crippen molar-refractivity contribution in [3.05, 3.63) is 18.5 Å². The zero-order chi connectivity index (χ0) is 13.2. The lowest BCUT2D eigenvalue weighted by atomic mass is 10.2. The summed E-state index contributed by atoms with van der Waals surface area (Å²) in [7, 11) is 0. The number of aliphatic hydroxyl groups excluding tert-OH is 1. The second-order valence-corrected chi connectivity index (χ2v) is 5.41. The Balaban J connectivity index is 1.75. The molecule has 0 radical (unpaired) electrons. The van der Waals surface area contributed by atoms with Crippen LogP contribution in [0.2, 0.25) is 0 Å². The van der Waals surface area contributed by atoms with Gasteiger partial charge in [0.25, 0.3) is 0 Å². The molecule has 2 fully saturated rings. The largest absolute Gasteiger partial charge is 0.504 e. The number of fused-ring (bicyclic) bond motifs is 2. The highest BCUT2D eigenvalue weighted by Crippen LogP contribution is 2.59. The Kier molecular flexibility index (Phi) is 1.98. The molecule has 100 valence electrons. The standard InChI is InChI=1S/C13H14N2O4/c16-5-13-4-7(13)1-12(19-13)15-6-14-8-2-10(17)11(18)3-9(8)15/h2-3,6-7,12,16-18H,1,4-5H2. The van der Waals surface area contributed by atoms with Gasteiger partial charge in [0.05, 0.1) is 29.6 Å². The number of phenols is 2. The first-order valence-electron chi connectivity index (χ1n) is 6.30. The molecule has 1 aromatic heterocycles. The third-order valence-corrected chi connectivity index (χ3v) is 4.28. The minimum atomic E-state index is -0.361. The number of hydrogen-bond acceptors (Lipinski definition) is 5. The number of ether oxygens (including phenoxy) is 1. The van der Waals surface area contributed by atoms with E-state index in [4.69, 9.17) is 4.74 Å². The van der Waals surface area contributed by atoms with Crippen LogP contribution in [0.4, 0.5) is 0 Å². The van der Waals surface area contributed by atoms with Gasteiger partial charge in [-0.2, -0.15) is 0 Å². The van der Waals surface area contributed by atoms with Crippen LogP contribution >= 0.6 is 0 Å². The number of phenolic OH excluding ortho intramolecular Hbond substituents is 2. The Morgan fingerprint density at radius 2 is 2.16 bits per heavy atom. The van der Waals surface area contributed by atoms with Crippen LogP contribution in [0.25, 0.3) is 11.0 Å². The van der Waals surface area contributed by atoms with Crippen molar-refractivity contribution in [2.24, 2.45) is 5.92 Å². The fraction of sp³-hybridized carbons (Fsp3) is 0.462. The minimum absolute atomic E-state index is 0.0484. The molecule has 2 aromatic rings. The molecule has 2 aliphatic rings. The minimum Gasteiger partial charge on any atom is -0.504 e. The fourth-order valence-corrected chi connectivity index (χ4v) is 3.05. The summed E-state index contributed by atoms with van der Waals surface area (Å²) in [6.07, 6.45) is 3.23. The summed E-state index contributed by atoms with van der Waals surface area (Å²) in [5.74, 6) is 0.0553. The topological polar surface area (TPSA) is 87.7 Å². The summed E-state index contributed by atoms with van der Waals surface area (Å²) < 4.78 is 7.77. The van der Waals surface area contributed by atoms with Gasteiger partial charge in [-0.3, -0.25) is 0 Å². The summed E-state index contributed by atoms with van der Waals surface area (Å²) in [5.41, 5.74) is 0.965. The molecule has 19 heavy (non-hydrogen) atoms. The average molecular weight is 262 g/mol. The van der Waals surface area contributed by atoms with Gasteiger partial charge in [-0.15, -0.1) is 0 Å². The van der Waals surface area contributed by atoms with E-state index in [9.17, 15) is 15.3 Å².